The van der Waals surface area contributed by atoms with Gasteiger partial charge in [-0.3, -0.25) is 0 Å². The zero-order valence-electron chi connectivity index (χ0n) is 14.0. The quantitative estimate of drug-likeness (QED) is 0.410. The molecular formula is C20H26O2P+. The summed E-state index contributed by atoms with van der Waals surface area (Å²) in [6, 6.07) is 20.3. The molecule has 2 nitrogen and oxygen atoms in total. The van der Waals surface area contributed by atoms with Crippen LogP contribution in [0, 0.1) is 5.92 Å². The first-order chi connectivity index (χ1) is 11.2. The molecule has 2 aromatic rings. The third-order valence-electron chi connectivity index (χ3n) is 4.26. The summed E-state index contributed by atoms with van der Waals surface area (Å²) in [7, 11) is -0.783. The van der Waals surface area contributed by atoms with Crippen LogP contribution in [0.15, 0.2) is 60.7 Å². The minimum Gasteiger partial charge on any atom is -0.132 e. The zero-order valence-corrected chi connectivity index (χ0v) is 15.0. The summed E-state index contributed by atoms with van der Waals surface area (Å²) < 4.78 is 17.3. The molecule has 0 amide bonds. The summed E-state index contributed by atoms with van der Waals surface area (Å²) >= 11 is 0. The summed E-state index contributed by atoms with van der Waals surface area (Å²) in [5, 5.41) is 0. The van der Waals surface area contributed by atoms with E-state index in [2.05, 4.69) is 38.1 Å². The average Bonchev–Trinajstić information content (AvgIpc) is 2.59. The fourth-order valence-electron chi connectivity index (χ4n) is 3.04. The van der Waals surface area contributed by atoms with Crippen LogP contribution in [-0.2, 0) is 14.7 Å². The number of unbranched alkanes of at least 4 members (excludes halogenated alkanes) is 1. The largest absolute Gasteiger partial charge is 0.495 e. The van der Waals surface area contributed by atoms with Crippen LogP contribution in [0.25, 0.3) is 0 Å². The van der Waals surface area contributed by atoms with Gasteiger partial charge >= 0.3 is 8.69 Å². The van der Waals surface area contributed by atoms with Gasteiger partial charge < -0.3 is 0 Å². The first kappa shape index (κ1) is 17.8. The minimum atomic E-state index is -0.783. The third-order valence-corrected chi connectivity index (χ3v) is 4.69. The van der Waals surface area contributed by atoms with Gasteiger partial charge in [0.1, 0.15) is 0 Å². The second-order valence-corrected chi connectivity index (χ2v) is 6.75. The highest BCUT2D eigenvalue weighted by atomic mass is 31.1. The molecule has 0 fully saturated rings. The van der Waals surface area contributed by atoms with E-state index in [4.69, 9.17) is 4.52 Å². The standard InChI is InChI=1S/C20H26O2P/c1-17(2)11-9-10-16-20(22-23-21,18-12-5-3-6-13-18)19-14-7-4-8-15-19/h3-8,12-15,17,23H,9-11,16H2,1-2H3/q+1. The van der Waals surface area contributed by atoms with E-state index >= 15 is 0 Å². The molecule has 0 heterocycles. The lowest BCUT2D eigenvalue weighted by atomic mass is 9.82. The average molecular weight is 329 g/mol. The molecule has 0 aliphatic carbocycles. The molecule has 0 bridgehead atoms. The number of benzene rings is 2. The van der Waals surface area contributed by atoms with Gasteiger partial charge in [-0.25, -0.2) is 0 Å². The Morgan fingerprint density at radius 1 is 0.913 bits per heavy atom. The van der Waals surface area contributed by atoms with Crippen molar-refractivity contribution in [1.82, 2.24) is 0 Å². The molecule has 0 aliphatic rings. The van der Waals surface area contributed by atoms with Crippen LogP contribution in [0.5, 0.6) is 0 Å². The molecule has 2 aromatic carbocycles. The fraction of sp³-hybridized carbons (Fsp3) is 0.400. The van der Waals surface area contributed by atoms with Crippen molar-refractivity contribution in [3.63, 3.8) is 0 Å². The smallest absolute Gasteiger partial charge is 0.132 e. The first-order valence-corrected chi connectivity index (χ1v) is 9.17. The summed E-state index contributed by atoms with van der Waals surface area (Å²) in [6.07, 6.45) is 4.25. The lowest BCUT2D eigenvalue weighted by Crippen LogP contribution is -2.28. The maximum absolute atomic E-state index is 11.4. The van der Waals surface area contributed by atoms with Crippen LogP contribution in [0.2, 0.25) is 0 Å². The Hall–Kier alpha value is -1.50. The van der Waals surface area contributed by atoms with Crippen molar-refractivity contribution in [2.75, 3.05) is 0 Å². The Bertz CT molecular complexity index is 542. The van der Waals surface area contributed by atoms with Gasteiger partial charge in [-0.15, -0.1) is 4.52 Å². The molecule has 23 heavy (non-hydrogen) atoms. The van der Waals surface area contributed by atoms with Crippen molar-refractivity contribution in [3.8, 4) is 0 Å². The van der Waals surface area contributed by atoms with Crippen molar-refractivity contribution in [2.45, 2.75) is 45.1 Å². The van der Waals surface area contributed by atoms with E-state index < -0.39 is 14.3 Å². The highest BCUT2D eigenvalue weighted by Crippen LogP contribution is 2.41. The van der Waals surface area contributed by atoms with Crippen molar-refractivity contribution < 1.29 is 9.09 Å². The topological polar surface area (TPSA) is 26.3 Å². The minimum absolute atomic E-state index is 0.625. The maximum atomic E-state index is 11.4. The molecule has 0 aromatic heterocycles. The highest BCUT2D eigenvalue weighted by Gasteiger charge is 2.39. The van der Waals surface area contributed by atoms with Gasteiger partial charge in [0.2, 0.25) is 0 Å². The molecule has 2 rings (SSSR count). The van der Waals surface area contributed by atoms with Crippen LogP contribution >= 0.6 is 8.69 Å². The molecule has 0 radical (unpaired) electrons. The Labute approximate surface area is 141 Å². The Morgan fingerprint density at radius 2 is 1.43 bits per heavy atom. The Balaban J connectivity index is 2.33. The van der Waals surface area contributed by atoms with Crippen LogP contribution in [0.1, 0.15) is 50.7 Å². The predicted molar refractivity (Wildman–Crippen MR) is 97.1 cm³/mol. The van der Waals surface area contributed by atoms with Crippen molar-refractivity contribution >= 4 is 8.69 Å². The first-order valence-electron chi connectivity index (χ1n) is 8.35. The van der Waals surface area contributed by atoms with Gasteiger partial charge in [0.25, 0.3) is 0 Å². The zero-order chi connectivity index (χ0) is 16.5. The van der Waals surface area contributed by atoms with Crippen molar-refractivity contribution in [1.29, 1.82) is 0 Å². The molecule has 0 saturated carbocycles. The van der Waals surface area contributed by atoms with Crippen molar-refractivity contribution in [3.05, 3.63) is 71.8 Å². The van der Waals surface area contributed by atoms with E-state index in [1.165, 1.54) is 6.42 Å². The van der Waals surface area contributed by atoms with Crippen LogP contribution in [0.4, 0.5) is 0 Å². The summed E-state index contributed by atoms with van der Waals surface area (Å²) in [6.45, 7) is 4.49. The van der Waals surface area contributed by atoms with Crippen LogP contribution in [-0.4, -0.2) is 0 Å². The maximum Gasteiger partial charge on any atom is 0.495 e. The van der Waals surface area contributed by atoms with E-state index in [1.54, 1.807) is 0 Å². The SMILES string of the molecule is CC(C)CCCCC(O[PH+]=O)(c1ccccc1)c1ccccc1. The van der Waals surface area contributed by atoms with E-state index in [0.717, 1.165) is 30.4 Å². The molecular weight excluding hydrogens is 303 g/mol. The summed E-state index contributed by atoms with van der Waals surface area (Å²) in [5.74, 6) is 0.708. The molecule has 0 N–H and O–H groups in total. The number of hydrogen-bond donors (Lipinski definition) is 0. The van der Waals surface area contributed by atoms with Crippen LogP contribution < -0.4 is 0 Å². The van der Waals surface area contributed by atoms with Gasteiger partial charge in [0.15, 0.2) is 5.60 Å². The fourth-order valence-corrected chi connectivity index (χ4v) is 3.52. The summed E-state index contributed by atoms with van der Waals surface area (Å²) in [5.41, 5.74) is 1.51. The Morgan fingerprint density at radius 3 is 1.87 bits per heavy atom. The Kier molecular flexibility index (Phi) is 6.95. The molecule has 1 unspecified atom stereocenters. The summed E-state index contributed by atoms with van der Waals surface area (Å²) in [4.78, 5) is 0. The van der Waals surface area contributed by atoms with Gasteiger partial charge in [-0.1, -0.05) is 87.4 Å². The third kappa shape index (κ3) is 4.73. The molecule has 0 saturated heterocycles. The number of hydrogen-bond acceptors (Lipinski definition) is 2. The van der Waals surface area contributed by atoms with E-state index in [-0.39, 0.29) is 0 Å². The highest BCUT2D eigenvalue weighted by molar-refractivity contribution is 7.17. The normalized spacial score (nSPS) is 12.0. The second kappa shape index (κ2) is 8.96. The van der Waals surface area contributed by atoms with Gasteiger partial charge in [0.05, 0.1) is 0 Å². The monoisotopic (exact) mass is 329 g/mol. The van der Waals surface area contributed by atoms with E-state index in [9.17, 15) is 4.57 Å². The molecule has 0 spiro atoms. The van der Waals surface area contributed by atoms with Gasteiger partial charge in [-0.2, -0.15) is 0 Å². The van der Waals surface area contributed by atoms with Crippen LogP contribution in [0.3, 0.4) is 0 Å². The molecule has 122 valence electrons. The predicted octanol–water partition coefficient (Wildman–Crippen LogP) is 6.10. The van der Waals surface area contributed by atoms with Crippen molar-refractivity contribution in [2.24, 2.45) is 5.92 Å². The lowest BCUT2D eigenvalue weighted by molar-refractivity contribution is 0.114. The van der Waals surface area contributed by atoms with E-state index in [1.807, 2.05) is 36.4 Å². The van der Waals surface area contributed by atoms with Gasteiger partial charge in [-0.05, 0) is 34.5 Å². The number of rotatable bonds is 9. The molecule has 1 atom stereocenters. The molecule has 0 aliphatic heterocycles. The van der Waals surface area contributed by atoms with E-state index in [0.29, 0.717) is 5.92 Å². The van der Waals surface area contributed by atoms with Gasteiger partial charge in [0, 0.05) is 0 Å². The molecule has 3 heteroatoms. The second-order valence-electron chi connectivity index (χ2n) is 6.38. The lowest BCUT2D eigenvalue weighted by Gasteiger charge is -2.29.